The summed E-state index contributed by atoms with van der Waals surface area (Å²) in [6, 6.07) is 43.3. The van der Waals surface area contributed by atoms with Crippen molar-refractivity contribution in [2.75, 3.05) is 52.9 Å². The number of benzene rings is 6. The van der Waals surface area contributed by atoms with Crippen LogP contribution in [0.1, 0.15) is 116 Å². The number of aromatic nitrogens is 2. The van der Waals surface area contributed by atoms with Crippen LogP contribution in [-0.4, -0.2) is 92.7 Å². The van der Waals surface area contributed by atoms with Crippen LogP contribution in [0.25, 0.3) is 44.7 Å². The van der Waals surface area contributed by atoms with Crippen LogP contribution in [0.3, 0.4) is 0 Å². The molecule has 494 valence electrons. The van der Waals surface area contributed by atoms with E-state index in [1.165, 1.54) is 6.08 Å². The molecule has 7 aromatic rings. The number of carbonyl (C=O) groups is 5. The lowest BCUT2D eigenvalue weighted by atomic mass is 9.82. The fraction of sp³-hybridized carbons (Fsp3) is 0.390. The molecule has 0 radical (unpaired) electrons. The molecule has 0 aliphatic heterocycles. The van der Waals surface area contributed by atoms with Crippen molar-refractivity contribution in [3.05, 3.63) is 165 Å². The van der Waals surface area contributed by atoms with E-state index in [9.17, 15) is 24.0 Å². The Balaban J connectivity index is 0.800. The Bertz CT molecular complexity index is 3610. The summed E-state index contributed by atoms with van der Waals surface area (Å²) in [5, 5.41) is 0. The van der Waals surface area contributed by atoms with Crippen molar-refractivity contribution in [2.24, 2.45) is 23.7 Å². The molecule has 17 heteroatoms. The topological polar surface area (TPSA) is 203 Å². The number of unbranched alkanes of at least 4 members (excludes halogenated alkanes) is 6. The molecule has 1 heterocycles. The van der Waals surface area contributed by atoms with Crippen molar-refractivity contribution < 1.29 is 71.3 Å². The minimum absolute atomic E-state index is 0.212. The van der Waals surface area contributed by atoms with E-state index in [2.05, 4.69) is 20.1 Å². The van der Waals surface area contributed by atoms with Gasteiger partial charge in [-0.3, -0.25) is 14.4 Å². The van der Waals surface area contributed by atoms with Crippen molar-refractivity contribution in [2.45, 2.75) is 116 Å². The zero-order valence-electron chi connectivity index (χ0n) is 53.9. The Kier molecular flexibility index (Phi) is 27.0. The monoisotopic (exact) mass is 1280 g/mol. The van der Waals surface area contributed by atoms with Crippen molar-refractivity contribution in [3.63, 3.8) is 0 Å². The molecular formula is C77H86N2O15. The van der Waals surface area contributed by atoms with Gasteiger partial charge in [0.1, 0.15) is 46.9 Å². The highest BCUT2D eigenvalue weighted by Gasteiger charge is 2.33. The first kappa shape index (κ1) is 69.0. The van der Waals surface area contributed by atoms with Crippen molar-refractivity contribution in [1.82, 2.24) is 9.97 Å². The van der Waals surface area contributed by atoms with Crippen molar-refractivity contribution in [1.29, 1.82) is 0 Å². The van der Waals surface area contributed by atoms with Gasteiger partial charge in [-0.1, -0.05) is 62.5 Å². The van der Waals surface area contributed by atoms with E-state index in [0.29, 0.717) is 154 Å². The molecule has 0 spiro atoms. The molecule has 0 N–H and O–H groups in total. The van der Waals surface area contributed by atoms with Gasteiger partial charge in [0.05, 0.1) is 79.8 Å². The molecule has 17 nitrogen and oxygen atoms in total. The van der Waals surface area contributed by atoms with Gasteiger partial charge in [0.2, 0.25) is 0 Å². The van der Waals surface area contributed by atoms with Crippen LogP contribution in [-0.2, 0) is 38.2 Å². The van der Waals surface area contributed by atoms with Gasteiger partial charge >= 0.3 is 29.8 Å². The second kappa shape index (κ2) is 36.8. The Hall–Kier alpha value is -9.35. The van der Waals surface area contributed by atoms with Crippen LogP contribution in [0.15, 0.2) is 165 Å². The van der Waals surface area contributed by atoms with Gasteiger partial charge in [0, 0.05) is 29.9 Å². The van der Waals surface area contributed by atoms with Gasteiger partial charge in [-0.15, -0.1) is 0 Å². The van der Waals surface area contributed by atoms with E-state index in [1.54, 1.807) is 42.5 Å². The summed E-state index contributed by atoms with van der Waals surface area (Å²) < 4.78 is 57.7. The highest BCUT2D eigenvalue weighted by Crippen LogP contribution is 2.38. The van der Waals surface area contributed by atoms with Gasteiger partial charge in [0.15, 0.2) is 0 Å². The molecule has 0 bridgehead atoms. The van der Waals surface area contributed by atoms with Crippen LogP contribution in [0, 0.1) is 23.7 Å². The molecule has 2 aliphatic rings. The normalized spacial score (nSPS) is 16.0. The maximum Gasteiger partial charge on any atom is 0.330 e. The Morgan fingerprint density at radius 2 is 0.809 bits per heavy atom. The third kappa shape index (κ3) is 21.6. The number of esters is 5. The fourth-order valence-electron chi connectivity index (χ4n) is 11.4. The summed E-state index contributed by atoms with van der Waals surface area (Å²) in [5.41, 5.74) is 5.92. The van der Waals surface area contributed by atoms with Crippen LogP contribution >= 0.6 is 0 Å². The first-order valence-electron chi connectivity index (χ1n) is 33.2. The lowest BCUT2D eigenvalue weighted by Gasteiger charge is -2.27. The largest absolute Gasteiger partial charge is 0.494 e. The third-order valence-corrected chi connectivity index (χ3v) is 16.7. The van der Waals surface area contributed by atoms with Gasteiger partial charge < -0.3 is 47.4 Å². The zero-order chi connectivity index (χ0) is 65.7. The van der Waals surface area contributed by atoms with Crippen LogP contribution < -0.4 is 33.2 Å². The van der Waals surface area contributed by atoms with E-state index < -0.39 is 17.9 Å². The Morgan fingerprint density at radius 3 is 1.33 bits per heavy atom. The zero-order valence-corrected chi connectivity index (χ0v) is 53.9. The molecule has 0 amide bonds. The molecule has 2 saturated carbocycles. The fourth-order valence-corrected chi connectivity index (χ4v) is 11.4. The molecule has 9 rings (SSSR count). The number of nitrogens with zero attached hydrogens (tertiary/aromatic N) is 2. The summed E-state index contributed by atoms with van der Waals surface area (Å²) in [6.45, 7) is 12.8. The van der Waals surface area contributed by atoms with Gasteiger partial charge in [0.25, 0.3) is 0 Å². The SMILES string of the molecule is C=CC(=O)OCCCCCCOc1ccc(OC(=O)C2CCC(COc3cccc(-c4nc5cc(-c6cccc(OCCOCCC)c6)ccc5nc4-c4cccc(OC(=O)C5CCC(C(=O)Oc6ccc(OCCCCCCOC(=O)C=C)cc6)CC5)c4)c3)CC2)cc1. The van der Waals surface area contributed by atoms with Crippen LogP contribution in [0.5, 0.6) is 40.2 Å². The lowest BCUT2D eigenvalue weighted by molar-refractivity contribution is -0.145. The Morgan fingerprint density at radius 1 is 0.394 bits per heavy atom. The first-order chi connectivity index (χ1) is 46.0. The maximum absolute atomic E-state index is 13.9. The van der Waals surface area contributed by atoms with Gasteiger partial charge in [-0.25, -0.2) is 19.6 Å². The summed E-state index contributed by atoms with van der Waals surface area (Å²) in [4.78, 5) is 73.5. The molecule has 6 aromatic carbocycles. The highest BCUT2D eigenvalue weighted by molar-refractivity contribution is 5.90. The summed E-state index contributed by atoms with van der Waals surface area (Å²) in [7, 11) is 0. The lowest BCUT2D eigenvalue weighted by Crippen LogP contribution is -2.30. The Labute approximate surface area is 551 Å². The van der Waals surface area contributed by atoms with E-state index in [1.807, 2.05) is 97.1 Å². The predicted octanol–water partition coefficient (Wildman–Crippen LogP) is 15.9. The average Bonchev–Trinajstić information content (AvgIpc) is 0.776. The van der Waals surface area contributed by atoms with E-state index in [4.69, 9.17) is 57.3 Å². The number of hydrogen-bond donors (Lipinski definition) is 0. The molecule has 0 atom stereocenters. The summed E-state index contributed by atoms with van der Waals surface area (Å²) >= 11 is 0. The first-order valence-corrected chi connectivity index (χ1v) is 33.2. The number of carbonyl (C=O) groups excluding carboxylic acids is 5. The number of rotatable bonds is 36. The maximum atomic E-state index is 13.9. The minimum atomic E-state index is -0.409. The third-order valence-electron chi connectivity index (χ3n) is 16.7. The van der Waals surface area contributed by atoms with E-state index >= 15 is 0 Å². The predicted molar refractivity (Wildman–Crippen MR) is 359 cm³/mol. The molecule has 0 unspecified atom stereocenters. The second-order valence-corrected chi connectivity index (χ2v) is 23.7. The van der Waals surface area contributed by atoms with Crippen LogP contribution in [0.4, 0.5) is 0 Å². The number of fused-ring (bicyclic) bond motifs is 1. The molecule has 0 saturated heterocycles. The minimum Gasteiger partial charge on any atom is -0.494 e. The smallest absolute Gasteiger partial charge is 0.330 e. The average molecular weight is 1280 g/mol. The van der Waals surface area contributed by atoms with Crippen molar-refractivity contribution in [3.8, 4) is 73.9 Å². The van der Waals surface area contributed by atoms with Crippen molar-refractivity contribution >= 4 is 40.9 Å². The van der Waals surface area contributed by atoms with Gasteiger partial charge in [-0.05, 0) is 223 Å². The molecule has 2 aliphatic carbocycles. The number of hydrogen-bond acceptors (Lipinski definition) is 17. The molecular weight excluding hydrogens is 1190 g/mol. The summed E-state index contributed by atoms with van der Waals surface area (Å²) in [6.07, 6.45) is 15.3. The number of ether oxygens (including phenoxy) is 10. The molecule has 2 fully saturated rings. The van der Waals surface area contributed by atoms with Crippen LogP contribution in [0.2, 0.25) is 0 Å². The molecule has 1 aromatic heterocycles. The highest BCUT2D eigenvalue weighted by atomic mass is 16.6. The second-order valence-electron chi connectivity index (χ2n) is 23.7. The van der Waals surface area contributed by atoms with Gasteiger partial charge in [-0.2, -0.15) is 0 Å². The quantitative estimate of drug-likeness (QED) is 0.0155. The standard InChI is InChI=1S/C77H86N2O15/c1-4-42-85-47-48-88-66-21-15-18-58(49-66)59-32-41-69-70(52-59)79-74(60-19-16-22-67(50-60)91-53-54-24-26-55(27-25-54)75(82)92-64-37-33-62(34-38-64)86-43-11-7-9-13-45-89-71(80)5-2)73(78-69)61-20-17-23-68(51-61)94-77(84)57-30-28-56(29-31-57)76(83)93-65-39-35-63(36-40-65)87-44-12-8-10-14-46-90-72(81)6-3/h5-6,15-23,32-41,49-52,54-57H,2-4,7-14,24-31,42-48,53H2,1H3. The summed E-state index contributed by atoms with van der Waals surface area (Å²) in [5.74, 6) is 1.60. The van der Waals surface area contributed by atoms with E-state index in [0.717, 1.165) is 99.1 Å². The van der Waals surface area contributed by atoms with E-state index in [-0.39, 0.29) is 35.7 Å². The molecule has 94 heavy (non-hydrogen) atoms.